The average Bonchev–Trinajstić information content (AvgIpc) is 3.10. The van der Waals surface area contributed by atoms with Gasteiger partial charge in [-0.3, -0.25) is 4.99 Å². The zero-order valence-corrected chi connectivity index (χ0v) is 16.1. The second-order valence-corrected chi connectivity index (χ2v) is 6.16. The van der Waals surface area contributed by atoms with E-state index in [1.54, 1.807) is 11.2 Å². The number of nitrogens with zero attached hydrogens (tertiary/aromatic N) is 5. The molecule has 0 aromatic carbocycles. The molecule has 26 heavy (non-hydrogen) atoms. The van der Waals surface area contributed by atoms with Gasteiger partial charge >= 0.3 is 6.09 Å². The number of piperidine rings is 1. The van der Waals surface area contributed by atoms with Gasteiger partial charge in [-0.2, -0.15) is 0 Å². The Morgan fingerprint density at radius 1 is 1.35 bits per heavy atom. The fourth-order valence-electron chi connectivity index (χ4n) is 2.94. The van der Waals surface area contributed by atoms with E-state index in [1.807, 2.05) is 11.5 Å². The first kappa shape index (κ1) is 20.0. The Morgan fingerprint density at radius 2 is 2.12 bits per heavy atom. The van der Waals surface area contributed by atoms with Crippen LogP contribution in [0.3, 0.4) is 0 Å². The van der Waals surface area contributed by atoms with Crippen LogP contribution in [0.5, 0.6) is 0 Å². The summed E-state index contributed by atoms with van der Waals surface area (Å²) in [6.07, 6.45) is 4.16. The van der Waals surface area contributed by atoms with Crippen LogP contribution in [-0.2, 0) is 17.7 Å². The number of hydrogen-bond donors (Lipinski definition) is 2. The van der Waals surface area contributed by atoms with Crippen LogP contribution >= 0.6 is 0 Å². The van der Waals surface area contributed by atoms with Crippen molar-refractivity contribution >= 4 is 12.1 Å². The van der Waals surface area contributed by atoms with Crippen molar-refractivity contribution < 1.29 is 9.53 Å². The van der Waals surface area contributed by atoms with Gasteiger partial charge in [0.1, 0.15) is 12.2 Å². The number of hydrogen-bond acceptors (Lipinski definition) is 5. The van der Waals surface area contributed by atoms with Crippen LogP contribution in [0.2, 0.25) is 0 Å². The molecule has 2 N–H and O–H groups in total. The Hall–Kier alpha value is -2.32. The smallest absolute Gasteiger partial charge is 0.409 e. The molecule has 1 amide bonds. The Balaban J connectivity index is 1.81. The Kier molecular flexibility index (Phi) is 8.17. The molecule has 0 radical (unpaired) electrons. The van der Waals surface area contributed by atoms with Crippen LogP contribution in [0.15, 0.2) is 11.3 Å². The number of carbonyl (C=O) groups excluding carboxylic acids is 1. The van der Waals surface area contributed by atoms with Gasteiger partial charge in [-0.05, 0) is 26.7 Å². The summed E-state index contributed by atoms with van der Waals surface area (Å²) in [5.41, 5.74) is 0. The lowest BCUT2D eigenvalue weighted by molar-refractivity contribution is 0.0963. The van der Waals surface area contributed by atoms with Crippen molar-refractivity contribution in [2.75, 3.05) is 32.8 Å². The molecule has 0 aliphatic carbocycles. The molecule has 146 valence electrons. The van der Waals surface area contributed by atoms with E-state index in [1.165, 1.54) is 0 Å². The predicted molar refractivity (Wildman–Crippen MR) is 100 cm³/mol. The maximum Gasteiger partial charge on any atom is 0.409 e. The van der Waals surface area contributed by atoms with Gasteiger partial charge in [-0.15, -0.1) is 10.2 Å². The highest BCUT2D eigenvalue weighted by molar-refractivity contribution is 5.80. The van der Waals surface area contributed by atoms with Crippen molar-refractivity contribution in [1.82, 2.24) is 30.3 Å². The fraction of sp³-hybridized carbons (Fsp3) is 0.765. The molecule has 9 nitrogen and oxygen atoms in total. The summed E-state index contributed by atoms with van der Waals surface area (Å²) in [6, 6.07) is 0.305. The van der Waals surface area contributed by atoms with Gasteiger partial charge in [-0.25, -0.2) is 4.79 Å². The minimum absolute atomic E-state index is 0.216. The van der Waals surface area contributed by atoms with E-state index in [9.17, 15) is 4.79 Å². The number of carbonyl (C=O) groups is 1. The van der Waals surface area contributed by atoms with Crippen molar-refractivity contribution in [2.24, 2.45) is 4.99 Å². The lowest BCUT2D eigenvalue weighted by Crippen LogP contribution is -2.50. The minimum Gasteiger partial charge on any atom is -0.450 e. The topological polar surface area (TPSA) is 96.7 Å². The van der Waals surface area contributed by atoms with E-state index >= 15 is 0 Å². The summed E-state index contributed by atoms with van der Waals surface area (Å²) >= 11 is 0. The Labute approximate surface area is 155 Å². The van der Waals surface area contributed by atoms with Gasteiger partial charge < -0.3 is 24.8 Å². The number of amides is 1. The van der Waals surface area contributed by atoms with Crippen LogP contribution in [0.25, 0.3) is 0 Å². The molecule has 1 saturated heterocycles. The highest BCUT2D eigenvalue weighted by atomic mass is 16.6. The minimum atomic E-state index is -0.216. The highest BCUT2D eigenvalue weighted by Gasteiger charge is 2.23. The van der Waals surface area contributed by atoms with Gasteiger partial charge in [0.15, 0.2) is 5.96 Å². The SMILES string of the molecule is CCNC(=NCCn1cnnc1CC)NC1CCN(C(=O)OCC)CC1. The lowest BCUT2D eigenvalue weighted by atomic mass is 10.1. The summed E-state index contributed by atoms with van der Waals surface area (Å²) in [4.78, 5) is 18.2. The average molecular weight is 365 g/mol. The number of nitrogens with one attached hydrogen (secondary N) is 2. The van der Waals surface area contributed by atoms with Gasteiger partial charge in [0, 0.05) is 38.6 Å². The van der Waals surface area contributed by atoms with Crippen molar-refractivity contribution in [2.45, 2.75) is 52.6 Å². The maximum absolute atomic E-state index is 11.8. The van der Waals surface area contributed by atoms with Crippen LogP contribution < -0.4 is 10.6 Å². The normalized spacial score (nSPS) is 15.8. The third kappa shape index (κ3) is 5.89. The molecule has 9 heteroatoms. The third-order valence-electron chi connectivity index (χ3n) is 4.33. The van der Waals surface area contributed by atoms with E-state index in [0.29, 0.717) is 32.3 Å². The summed E-state index contributed by atoms with van der Waals surface area (Å²) in [6.45, 7) is 9.99. The van der Waals surface area contributed by atoms with E-state index in [4.69, 9.17) is 4.74 Å². The summed E-state index contributed by atoms with van der Waals surface area (Å²) in [5.74, 6) is 1.79. The zero-order chi connectivity index (χ0) is 18.8. The second kappa shape index (κ2) is 10.6. The van der Waals surface area contributed by atoms with Crippen LogP contribution in [0.1, 0.15) is 39.4 Å². The molecule has 2 heterocycles. The number of guanidine groups is 1. The van der Waals surface area contributed by atoms with Crippen LogP contribution in [0, 0.1) is 0 Å². The molecule has 0 unspecified atom stereocenters. The first-order valence-electron chi connectivity index (χ1n) is 9.51. The number of rotatable bonds is 7. The van der Waals surface area contributed by atoms with E-state index in [0.717, 1.165) is 44.1 Å². The van der Waals surface area contributed by atoms with Crippen LogP contribution in [-0.4, -0.2) is 70.5 Å². The number of likely N-dealkylation sites (tertiary alicyclic amines) is 1. The zero-order valence-electron chi connectivity index (χ0n) is 16.1. The molecule has 1 aliphatic heterocycles. The van der Waals surface area contributed by atoms with E-state index in [2.05, 4.69) is 39.7 Å². The van der Waals surface area contributed by atoms with Gasteiger partial charge in [0.05, 0.1) is 13.2 Å². The monoisotopic (exact) mass is 365 g/mol. The van der Waals surface area contributed by atoms with Gasteiger partial charge in [0.2, 0.25) is 0 Å². The number of aryl methyl sites for hydroxylation is 1. The second-order valence-electron chi connectivity index (χ2n) is 6.16. The molecule has 0 atom stereocenters. The largest absolute Gasteiger partial charge is 0.450 e. The Bertz CT molecular complexity index is 579. The quantitative estimate of drug-likeness (QED) is 0.553. The maximum atomic E-state index is 11.8. The molecular formula is C17H31N7O2. The molecule has 1 aliphatic rings. The van der Waals surface area contributed by atoms with Crippen LogP contribution in [0.4, 0.5) is 4.79 Å². The molecule has 1 aromatic rings. The molecule has 0 saturated carbocycles. The molecule has 0 spiro atoms. The molecule has 0 bridgehead atoms. The van der Waals surface area contributed by atoms with Crippen molar-refractivity contribution in [3.8, 4) is 0 Å². The number of aliphatic imine (C=N–C) groups is 1. The highest BCUT2D eigenvalue weighted by Crippen LogP contribution is 2.11. The van der Waals surface area contributed by atoms with Crippen molar-refractivity contribution in [3.63, 3.8) is 0 Å². The summed E-state index contributed by atoms with van der Waals surface area (Å²) in [5, 5.41) is 14.8. The lowest BCUT2D eigenvalue weighted by Gasteiger charge is -2.32. The molecule has 2 rings (SSSR count). The molecular weight excluding hydrogens is 334 g/mol. The number of aromatic nitrogens is 3. The Morgan fingerprint density at radius 3 is 2.77 bits per heavy atom. The van der Waals surface area contributed by atoms with Crippen molar-refractivity contribution in [1.29, 1.82) is 0 Å². The standard InChI is InChI=1S/C17H31N7O2/c1-4-15-22-20-13-24(15)12-9-19-16(18-5-2)21-14-7-10-23(11-8-14)17(25)26-6-3/h13-14H,4-12H2,1-3H3,(H2,18,19,21). The predicted octanol–water partition coefficient (Wildman–Crippen LogP) is 1.02. The first-order valence-corrected chi connectivity index (χ1v) is 9.51. The fourth-order valence-corrected chi connectivity index (χ4v) is 2.94. The van der Waals surface area contributed by atoms with E-state index in [-0.39, 0.29) is 6.09 Å². The summed E-state index contributed by atoms with van der Waals surface area (Å²) in [7, 11) is 0. The van der Waals surface area contributed by atoms with Crippen molar-refractivity contribution in [3.05, 3.63) is 12.2 Å². The summed E-state index contributed by atoms with van der Waals surface area (Å²) < 4.78 is 7.09. The van der Waals surface area contributed by atoms with Gasteiger partial charge in [-0.1, -0.05) is 6.92 Å². The molecule has 1 fully saturated rings. The first-order chi connectivity index (χ1) is 12.7. The third-order valence-corrected chi connectivity index (χ3v) is 4.33. The van der Waals surface area contributed by atoms with E-state index < -0.39 is 0 Å². The van der Waals surface area contributed by atoms with Gasteiger partial charge in [0.25, 0.3) is 0 Å². The molecule has 1 aromatic heterocycles. The number of ether oxygens (including phenoxy) is 1.